The van der Waals surface area contributed by atoms with Gasteiger partial charge in [-0.2, -0.15) is 0 Å². The number of carbonyl (C=O) groups is 3. The molecule has 19 heavy (non-hydrogen) atoms. The molecule has 0 amide bonds. The summed E-state index contributed by atoms with van der Waals surface area (Å²) in [5, 5.41) is 9.03. The van der Waals surface area contributed by atoms with E-state index in [1.54, 1.807) is 12.1 Å². The van der Waals surface area contributed by atoms with Crippen molar-refractivity contribution in [2.24, 2.45) is 5.92 Å². The molecule has 1 N–H and O–H groups in total. The molecular formula is C13H13ClO5. The molecule has 1 rings (SSSR count). The van der Waals surface area contributed by atoms with Crippen molar-refractivity contribution in [1.82, 2.24) is 0 Å². The Labute approximate surface area is 115 Å². The Morgan fingerprint density at radius 3 is 2.42 bits per heavy atom. The summed E-state index contributed by atoms with van der Waals surface area (Å²) in [4.78, 5) is 34.2. The van der Waals surface area contributed by atoms with E-state index in [0.29, 0.717) is 0 Å². The topological polar surface area (TPSA) is 80.7 Å². The molecule has 1 atom stereocenters. The van der Waals surface area contributed by atoms with Crippen LogP contribution in [0.5, 0.6) is 0 Å². The Morgan fingerprint density at radius 2 is 1.89 bits per heavy atom. The Bertz CT molecular complexity index is 498. The highest BCUT2D eigenvalue weighted by molar-refractivity contribution is 6.34. The molecule has 102 valence electrons. The Hall–Kier alpha value is -1.88. The molecule has 0 aliphatic rings. The highest BCUT2D eigenvalue weighted by atomic mass is 35.5. The van der Waals surface area contributed by atoms with Crippen molar-refractivity contribution in [3.63, 3.8) is 0 Å². The van der Waals surface area contributed by atoms with Gasteiger partial charge in [0.15, 0.2) is 5.78 Å². The molecule has 0 aliphatic heterocycles. The monoisotopic (exact) mass is 284 g/mol. The molecule has 1 unspecified atom stereocenters. The smallest absolute Gasteiger partial charge is 0.306 e. The molecule has 0 saturated heterocycles. The first kappa shape index (κ1) is 15.2. The van der Waals surface area contributed by atoms with Gasteiger partial charge in [-0.25, -0.2) is 0 Å². The molecule has 0 aliphatic carbocycles. The minimum atomic E-state index is -1.16. The largest absolute Gasteiger partial charge is 0.481 e. The maximum Gasteiger partial charge on any atom is 0.306 e. The maximum atomic E-state index is 12.2. The lowest BCUT2D eigenvalue weighted by molar-refractivity contribution is -0.142. The van der Waals surface area contributed by atoms with Gasteiger partial charge in [-0.15, -0.1) is 0 Å². The first-order chi connectivity index (χ1) is 8.95. The van der Waals surface area contributed by atoms with Crippen LogP contribution in [0.1, 0.15) is 23.2 Å². The van der Waals surface area contributed by atoms with Crippen molar-refractivity contribution in [1.29, 1.82) is 0 Å². The number of hydrogen-bond donors (Lipinski definition) is 1. The predicted molar refractivity (Wildman–Crippen MR) is 68.2 cm³/mol. The van der Waals surface area contributed by atoms with Crippen LogP contribution in [0.3, 0.4) is 0 Å². The van der Waals surface area contributed by atoms with Crippen LogP contribution < -0.4 is 0 Å². The van der Waals surface area contributed by atoms with Crippen LogP contribution in [-0.4, -0.2) is 29.9 Å². The molecule has 1 aromatic carbocycles. The number of carbonyl (C=O) groups excluding carboxylic acids is 2. The van der Waals surface area contributed by atoms with Crippen molar-refractivity contribution in [2.45, 2.75) is 12.8 Å². The molecule has 0 spiro atoms. The fourth-order valence-corrected chi connectivity index (χ4v) is 1.86. The number of ketones is 1. The van der Waals surface area contributed by atoms with Crippen molar-refractivity contribution in [2.75, 3.05) is 7.11 Å². The third-order valence-corrected chi connectivity index (χ3v) is 2.90. The number of halogens is 1. The molecule has 5 nitrogen and oxygen atoms in total. The second-order valence-corrected chi connectivity index (χ2v) is 4.33. The second-order valence-electron chi connectivity index (χ2n) is 3.92. The summed E-state index contributed by atoms with van der Waals surface area (Å²) < 4.78 is 4.46. The van der Waals surface area contributed by atoms with E-state index in [9.17, 15) is 14.4 Å². The molecule has 0 bridgehead atoms. The summed E-state index contributed by atoms with van der Waals surface area (Å²) in [5.74, 6) is -3.25. The van der Waals surface area contributed by atoms with Crippen LogP contribution in [0.25, 0.3) is 0 Å². The molecule has 0 fully saturated rings. The number of hydrogen-bond acceptors (Lipinski definition) is 4. The van der Waals surface area contributed by atoms with E-state index in [2.05, 4.69) is 4.74 Å². The normalized spacial score (nSPS) is 11.7. The molecule has 1 aromatic rings. The van der Waals surface area contributed by atoms with Gasteiger partial charge in [0.2, 0.25) is 0 Å². The number of esters is 1. The van der Waals surface area contributed by atoms with Gasteiger partial charge in [0, 0.05) is 11.5 Å². The summed E-state index contributed by atoms with van der Waals surface area (Å²) in [6, 6.07) is 6.31. The van der Waals surface area contributed by atoms with Crippen molar-refractivity contribution in [3.05, 3.63) is 34.9 Å². The Balaban J connectivity index is 2.97. The minimum absolute atomic E-state index is 0.208. The van der Waals surface area contributed by atoms with Crippen LogP contribution in [-0.2, 0) is 14.3 Å². The summed E-state index contributed by atoms with van der Waals surface area (Å²) in [6.07, 6.45) is -0.730. The van der Waals surface area contributed by atoms with Crippen molar-refractivity contribution >= 4 is 29.3 Å². The van der Waals surface area contributed by atoms with Crippen LogP contribution in [0, 0.1) is 5.92 Å². The van der Waals surface area contributed by atoms with E-state index in [0.717, 1.165) is 0 Å². The average Bonchev–Trinajstić information content (AvgIpc) is 2.37. The highest BCUT2D eigenvalue weighted by Gasteiger charge is 2.27. The molecule has 0 aromatic heterocycles. The lowest BCUT2D eigenvalue weighted by Crippen LogP contribution is -2.22. The summed E-state index contributed by atoms with van der Waals surface area (Å²) in [5.41, 5.74) is 0.208. The van der Waals surface area contributed by atoms with Crippen LogP contribution in [0.2, 0.25) is 5.02 Å². The van der Waals surface area contributed by atoms with E-state index in [4.69, 9.17) is 16.7 Å². The minimum Gasteiger partial charge on any atom is -0.481 e. The van der Waals surface area contributed by atoms with Gasteiger partial charge in [-0.1, -0.05) is 23.7 Å². The van der Waals surface area contributed by atoms with Gasteiger partial charge in [-0.3, -0.25) is 14.4 Å². The number of rotatable bonds is 6. The Kier molecular flexibility index (Phi) is 5.51. The van der Waals surface area contributed by atoms with Gasteiger partial charge in [-0.05, 0) is 12.1 Å². The van der Waals surface area contributed by atoms with Gasteiger partial charge < -0.3 is 9.84 Å². The van der Waals surface area contributed by atoms with Gasteiger partial charge in [0.25, 0.3) is 0 Å². The maximum absolute atomic E-state index is 12.2. The van der Waals surface area contributed by atoms with Gasteiger partial charge >= 0.3 is 11.9 Å². The van der Waals surface area contributed by atoms with Crippen LogP contribution in [0.15, 0.2) is 24.3 Å². The zero-order valence-electron chi connectivity index (χ0n) is 10.3. The third-order valence-electron chi connectivity index (χ3n) is 2.57. The van der Waals surface area contributed by atoms with E-state index in [1.165, 1.54) is 19.2 Å². The Morgan fingerprint density at radius 1 is 1.26 bits per heavy atom. The number of carboxylic acids is 1. The third kappa shape index (κ3) is 4.37. The first-order valence-corrected chi connectivity index (χ1v) is 5.90. The van der Waals surface area contributed by atoms with E-state index < -0.39 is 30.1 Å². The lowest BCUT2D eigenvalue weighted by Gasteiger charge is -2.13. The number of carboxylic acid groups (broad SMARTS) is 1. The van der Waals surface area contributed by atoms with Gasteiger partial charge in [0.05, 0.1) is 25.0 Å². The molecule has 0 radical (unpaired) electrons. The van der Waals surface area contributed by atoms with Crippen molar-refractivity contribution in [3.8, 4) is 0 Å². The zero-order valence-corrected chi connectivity index (χ0v) is 11.0. The zero-order chi connectivity index (χ0) is 14.4. The molecular weight excluding hydrogens is 272 g/mol. The molecule has 0 saturated carbocycles. The van der Waals surface area contributed by atoms with Gasteiger partial charge in [0.1, 0.15) is 0 Å². The van der Waals surface area contributed by atoms with Crippen molar-refractivity contribution < 1.29 is 24.2 Å². The van der Waals surface area contributed by atoms with E-state index >= 15 is 0 Å². The fourth-order valence-electron chi connectivity index (χ4n) is 1.63. The number of Topliss-reactive ketones (excluding diaryl/α,β-unsaturated/α-hetero) is 1. The first-order valence-electron chi connectivity index (χ1n) is 5.53. The molecule has 0 heterocycles. The average molecular weight is 285 g/mol. The van der Waals surface area contributed by atoms with E-state index in [-0.39, 0.29) is 17.0 Å². The number of benzene rings is 1. The number of ether oxygens (including phenoxy) is 1. The quantitative estimate of drug-likeness (QED) is 0.639. The van der Waals surface area contributed by atoms with Crippen LogP contribution in [0.4, 0.5) is 0 Å². The summed E-state index contributed by atoms with van der Waals surface area (Å²) >= 11 is 5.89. The van der Waals surface area contributed by atoms with Crippen LogP contribution >= 0.6 is 11.6 Å². The number of aliphatic carboxylic acids is 1. The summed E-state index contributed by atoms with van der Waals surface area (Å²) in [6.45, 7) is 0. The highest BCUT2D eigenvalue weighted by Crippen LogP contribution is 2.22. The predicted octanol–water partition coefficient (Wildman–Crippen LogP) is 2.18. The lowest BCUT2D eigenvalue weighted by atomic mass is 9.91. The fraction of sp³-hybridized carbons (Fsp3) is 0.308. The second kappa shape index (κ2) is 6.89. The molecule has 6 heteroatoms. The number of methoxy groups -OCH3 is 1. The summed E-state index contributed by atoms with van der Waals surface area (Å²) in [7, 11) is 1.18. The standard InChI is InChI=1S/C13H13ClO5/c1-19-12(17)7-8(6-11(15)16)13(18)9-4-2-3-5-10(9)14/h2-5,8H,6-7H2,1H3,(H,15,16). The SMILES string of the molecule is COC(=O)CC(CC(=O)O)C(=O)c1ccccc1Cl. The van der Waals surface area contributed by atoms with E-state index in [1.807, 2.05) is 0 Å².